The van der Waals surface area contributed by atoms with Crippen molar-refractivity contribution in [2.24, 2.45) is 5.92 Å². The Morgan fingerprint density at radius 3 is 2.47 bits per heavy atom. The molecule has 0 radical (unpaired) electrons. The third-order valence-corrected chi connectivity index (χ3v) is 3.59. The van der Waals surface area contributed by atoms with E-state index in [-0.39, 0.29) is 17.3 Å². The fourth-order valence-corrected chi connectivity index (χ4v) is 2.36. The number of amides is 1. The Bertz CT molecular complexity index is 539. The fraction of sp³-hybridized carbons (Fsp3) is 0.462. The van der Waals surface area contributed by atoms with E-state index >= 15 is 0 Å². The number of carbonyl (C=O) groups is 1. The van der Waals surface area contributed by atoms with E-state index in [2.05, 4.69) is 10.6 Å². The summed E-state index contributed by atoms with van der Waals surface area (Å²) < 4.78 is 23.1. The molecule has 0 saturated carbocycles. The van der Waals surface area contributed by atoms with E-state index in [9.17, 15) is 13.2 Å². The van der Waals surface area contributed by atoms with Gasteiger partial charge in [-0.1, -0.05) is 26.0 Å². The van der Waals surface area contributed by atoms with Gasteiger partial charge < -0.3 is 10.6 Å². The molecule has 0 fully saturated rings. The summed E-state index contributed by atoms with van der Waals surface area (Å²) in [6.45, 7) is 4.67. The zero-order valence-electron chi connectivity index (χ0n) is 11.4. The van der Waals surface area contributed by atoms with Crippen molar-refractivity contribution in [2.75, 3.05) is 24.7 Å². The van der Waals surface area contributed by atoms with Crippen LogP contribution in [0.25, 0.3) is 0 Å². The van der Waals surface area contributed by atoms with Gasteiger partial charge in [-0.15, -0.1) is 0 Å². The molecule has 1 amide bonds. The number of benzene rings is 1. The molecule has 0 aliphatic carbocycles. The lowest BCUT2D eigenvalue weighted by Crippen LogP contribution is -2.32. The van der Waals surface area contributed by atoms with Crippen LogP contribution in [0.2, 0.25) is 0 Å². The number of sulfone groups is 1. The third kappa shape index (κ3) is 5.30. The Kier molecular flexibility index (Phi) is 5.35. The molecule has 0 bridgehead atoms. The van der Waals surface area contributed by atoms with Gasteiger partial charge in [-0.05, 0) is 18.1 Å². The quantitative estimate of drug-likeness (QED) is 0.825. The molecule has 0 atom stereocenters. The summed E-state index contributed by atoms with van der Waals surface area (Å²) in [5.74, 6) is 0.226. The monoisotopic (exact) mass is 284 g/mol. The number of carbonyl (C=O) groups excluding carboxylic acids is 1. The SMILES string of the molecule is CC(C)CNC(=O)CNc1ccccc1S(C)(=O)=O. The molecule has 0 aliphatic rings. The van der Waals surface area contributed by atoms with Crippen LogP contribution >= 0.6 is 0 Å². The van der Waals surface area contributed by atoms with Gasteiger partial charge in [0.15, 0.2) is 9.84 Å². The molecule has 0 unspecified atom stereocenters. The maximum atomic E-state index is 11.6. The second-order valence-electron chi connectivity index (χ2n) is 4.82. The molecule has 106 valence electrons. The first-order valence-corrected chi connectivity index (χ1v) is 7.99. The van der Waals surface area contributed by atoms with Crippen molar-refractivity contribution in [2.45, 2.75) is 18.7 Å². The van der Waals surface area contributed by atoms with Crippen molar-refractivity contribution in [3.63, 3.8) is 0 Å². The second-order valence-corrected chi connectivity index (χ2v) is 6.80. The van der Waals surface area contributed by atoms with Gasteiger partial charge in [-0.3, -0.25) is 4.79 Å². The van der Waals surface area contributed by atoms with Crippen LogP contribution in [0.3, 0.4) is 0 Å². The van der Waals surface area contributed by atoms with Gasteiger partial charge in [-0.25, -0.2) is 8.42 Å². The standard InChI is InChI=1S/C13H20N2O3S/c1-10(2)8-15-13(16)9-14-11-6-4-5-7-12(11)19(3,17)18/h4-7,10,14H,8-9H2,1-3H3,(H,15,16). The lowest BCUT2D eigenvalue weighted by atomic mass is 10.2. The van der Waals surface area contributed by atoms with Crippen molar-refractivity contribution in [3.8, 4) is 0 Å². The summed E-state index contributed by atoms with van der Waals surface area (Å²) >= 11 is 0. The molecule has 1 rings (SSSR count). The summed E-state index contributed by atoms with van der Waals surface area (Å²) in [5.41, 5.74) is 0.449. The predicted octanol–water partition coefficient (Wildman–Crippen LogP) is 1.27. The minimum Gasteiger partial charge on any atom is -0.375 e. The molecule has 0 heterocycles. The van der Waals surface area contributed by atoms with Gasteiger partial charge in [0.1, 0.15) is 0 Å². The highest BCUT2D eigenvalue weighted by Crippen LogP contribution is 2.19. The molecule has 19 heavy (non-hydrogen) atoms. The highest BCUT2D eigenvalue weighted by molar-refractivity contribution is 7.90. The lowest BCUT2D eigenvalue weighted by Gasteiger charge is -2.11. The van der Waals surface area contributed by atoms with Crippen molar-refractivity contribution < 1.29 is 13.2 Å². The summed E-state index contributed by atoms with van der Waals surface area (Å²) in [7, 11) is -3.30. The van der Waals surface area contributed by atoms with Crippen LogP contribution in [0.4, 0.5) is 5.69 Å². The number of anilines is 1. The molecule has 1 aromatic rings. The van der Waals surface area contributed by atoms with E-state index in [1.165, 1.54) is 6.07 Å². The van der Waals surface area contributed by atoms with E-state index in [1.807, 2.05) is 13.8 Å². The minimum atomic E-state index is -3.30. The highest BCUT2D eigenvalue weighted by atomic mass is 32.2. The third-order valence-electron chi connectivity index (χ3n) is 2.43. The van der Waals surface area contributed by atoms with Gasteiger partial charge in [-0.2, -0.15) is 0 Å². The number of hydrogen-bond donors (Lipinski definition) is 2. The first-order valence-electron chi connectivity index (χ1n) is 6.10. The minimum absolute atomic E-state index is 0.0548. The van der Waals surface area contributed by atoms with Crippen molar-refractivity contribution >= 4 is 21.4 Å². The predicted molar refractivity (Wildman–Crippen MR) is 75.9 cm³/mol. The fourth-order valence-electron chi connectivity index (χ4n) is 1.49. The van der Waals surface area contributed by atoms with E-state index in [0.29, 0.717) is 18.2 Å². The topological polar surface area (TPSA) is 75.3 Å². The van der Waals surface area contributed by atoms with Crippen LogP contribution in [0.1, 0.15) is 13.8 Å². The van der Waals surface area contributed by atoms with Crippen LogP contribution in [0, 0.1) is 5.92 Å². The number of para-hydroxylation sites is 1. The van der Waals surface area contributed by atoms with Gasteiger partial charge in [0.05, 0.1) is 17.1 Å². The van der Waals surface area contributed by atoms with Crippen molar-refractivity contribution in [1.82, 2.24) is 5.32 Å². The molecule has 0 aliphatic heterocycles. The van der Waals surface area contributed by atoms with Gasteiger partial charge >= 0.3 is 0 Å². The molecular weight excluding hydrogens is 264 g/mol. The smallest absolute Gasteiger partial charge is 0.239 e. The molecule has 5 nitrogen and oxygen atoms in total. The molecule has 0 aromatic heterocycles. The van der Waals surface area contributed by atoms with Crippen LogP contribution in [0.15, 0.2) is 29.2 Å². The summed E-state index contributed by atoms with van der Waals surface area (Å²) in [4.78, 5) is 11.8. The van der Waals surface area contributed by atoms with Gasteiger partial charge in [0, 0.05) is 12.8 Å². The Morgan fingerprint density at radius 1 is 1.26 bits per heavy atom. The first kappa shape index (κ1) is 15.5. The van der Waals surface area contributed by atoms with E-state index in [1.54, 1.807) is 18.2 Å². The number of rotatable bonds is 6. The maximum Gasteiger partial charge on any atom is 0.239 e. The Balaban J connectivity index is 2.66. The zero-order chi connectivity index (χ0) is 14.5. The molecule has 2 N–H and O–H groups in total. The normalized spacial score (nSPS) is 11.4. The van der Waals surface area contributed by atoms with Crippen LogP contribution in [-0.4, -0.2) is 33.7 Å². The van der Waals surface area contributed by atoms with Crippen LogP contribution in [-0.2, 0) is 14.6 Å². The van der Waals surface area contributed by atoms with Crippen molar-refractivity contribution in [1.29, 1.82) is 0 Å². The maximum absolute atomic E-state index is 11.6. The highest BCUT2D eigenvalue weighted by Gasteiger charge is 2.12. The number of nitrogens with one attached hydrogen (secondary N) is 2. The summed E-state index contributed by atoms with van der Waals surface area (Å²) in [6.07, 6.45) is 1.15. The lowest BCUT2D eigenvalue weighted by molar-refractivity contribution is -0.119. The van der Waals surface area contributed by atoms with E-state index in [0.717, 1.165) is 6.26 Å². The average molecular weight is 284 g/mol. The molecule has 6 heteroatoms. The van der Waals surface area contributed by atoms with Crippen LogP contribution in [0.5, 0.6) is 0 Å². The Hall–Kier alpha value is -1.56. The van der Waals surface area contributed by atoms with E-state index < -0.39 is 9.84 Å². The Morgan fingerprint density at radius 2 is 1.89 bits per heavy atom. The molecular formula is C13H20N2O3S. The van der Waals surface area contributed by atoms with Crippen LogP contribution < -0.4 is 10.6 Å². The molecule has 0 spiro atoms. The summed E-state index contributed by atoms with van der Waals surface area (Å²) in [6, 6.07) is 6.54. The second kappa shape index (κ2) is 6.56. The van der Waals surface area contributed by atoms with Crippen molar-refractivity contribution in [3.05, 3.63) is 24.3 Å². The van der Waals surface area contributed by atoms with E-state index in [4.69, 9.17) is 0 Å². The zero-order valence-corrected chi connectivity index (χ0v) is 12.3. The number of hydrogen-bond acceptors (Lipinski definition) is 4. The Labute approximate surface area is 114 Å². The van der Waals surface area contributed by atoms with Gasteiger partial charge in [0.25, 0.3) is 0 Å². The van der Waals surface area contributed by atoms with Gasteiger partial charge in [0.2, 0.25) is 5.91 Å². The average Bonchev–Trinajstić information content (AvgIpc) is 2.33. The molecule has 0 saturated heterocycles. The first-order chi connectivity index (χ1) is 8.80. The molecule has 1 aromatic carbocycles. The summed E-state index contributed by atoms with van der Waals surface area (Å²) in [5, 5.41) is 5.61. The largest absolute Gasteiger partial charge is 0.375 e.